The van der Waals surface area contributed by atoms with Crippen LogP contribution in [0.4, 0.5) is 0 Å². The number of morpholine rings is 1. The van der Waals surface area contributed by atoms with Crippen molar-refractivity contribution < 1.29 is 9.84 Å². The van der Waals surface area contributed by atoms with Crippen LogP contribution in [0.5, 0.6) is 0 Å². The Morgan fingerprint density at radius 2 is 2.25 bits per heavy atom. The smallest absolute Gasteiger partial charge is 0.0703 e. The molecule has 2 unspecified atom stereocenters. The summed E-state index contributed by atoms with van der Waals surface area (Å²) in [6.07, 6.45) is 1.74. The van der Waals surface area contributed by atoms with Gasteiger partial charge >= 0.3 is 0 Å². The zero-order valence-corrected chi connectivity index (χ0v) is 7.99. The molecule has 1 aliphatic rings. The van der Waals surface area contributed by atoms with Crippen molar-refractivity contribution in [3.05, 3.63) is 0 Å². The Bertz CT molecular complexity index is 130. The number of aliphatic hydroxyl groups is 1. The van der Waals surface area contributed by atoms with Crippen LogP contribution in [0.1, 0.15) is 20.3 Å². The summed E-state index contributed by atoms with van der Waals surface area (Å²) < 4.78 is 5.69. The lowest BCUT2D eigenvalue weighted by atomic mass is 10.2. The molecule has 0 bridgehead atoms. The monoisotopic (exact) mass is 173 g/mol. The lowest BCUT2D eigenvalue weighted by Crippen LogP contribution is -2.47. The van der Waals surface area contributed by atoms with E-state index in [0.717, 1.165) is 26.1 Å². The lowest BCUT2D eigenvalue weighted by molar-refractivity contribution is -0.0800. The molecule has 3 heteroatoms. The summed E-state index contributed by atoms with van der Waals surface area (Å²) in [5.41, 5.74) is 0. The van der Waals surface area contributed by atoms with Crippen LogP contribution in [-0.4, -0.2) is 48.5 Å². The highest BCUT2D eigenvalue weighted by atomic mass is 16.5. The minimum absolute atomic E-state index is 0.253. The molecule has 12 heavy (non-hydrogen) atoms. The molecule has 0 radical (unpaired) electrons. The highest BCUT2D eigenvalue weighted by Gasteiger charge is 2.22. The van der Waals surface area contributed by atoms with E-state index in [1.54, 1.807) is 0 Å². The predicted molar refractivity (Wildman–Crippen MR) is 48.2 cm³/mol. The highest BCUT2D eigenvalue weighted by molar-refractivity contribution is 4.74. The van der Waals surface area contributed by atoms with Crippen molar-refractivity contribution in [1.29, 1.82) is 0 Å². The highest BCUT2D eigenvalue weighted by Crippen LogP contribution is 2.12. The van der Waals surface area contributed by atoms with E-state index in [1.165, 1.54) is 0 Å². The summed E-state index contributed by atoms with van der Waals surface area (Å²) in [6.45, 7) is 7.19. The third kappa shape index (κ3) is 2.73. The Morgan fingerprint density at radius 3 is 2.83 bits per heavy atom. The SMILES string of the molecule is CCC1CN(CCO)CC(C)O1. The topological polar surface area (TPSA) is 32.7 Å². The van der Waals surface area contributed by atoms with Gasteiger partial charge in [0.05, 0.1) is 18.8 Å². The van der Waals surface area contributed by atoms with E-state index < -0.39 is 0 Å². The van der Waals surface area contributed by atoms with Crippen molar-refractivity contribution >= 4 is 0 Å². The Balaban J connectivity index is 2.34. The molecule has 0 aromatic heterocycles. The van der Waals surface area contributed by atoms with Gasteiger partial charge in [0, 0.05) is 19.6 Å². The van der Waals surface area contributed by atoms with E-state index in [4.69, 9.17) is 9.84 Å². The fraction of sp³-hybridized carbons (Fsp3) is 1.00. The molecule has 1 N–H and O–H groups in total. The standard InChI is InChI=1S/C9H19NO2/c1-3-9-7-10(4-5-11)6-8(2)12-9/h8-9,11H,3-7H2,1-2H3. The molecule has 1 heterocycles. The molecule has 0 aromatic rings. The summed E-state index contributed by atoms with van der Waals surface area (Å²) in [5, 5.41) is 8.78. The van der Waals surface area contributed by atoms with E-state index in [-0.39, 0.29) is 6.61 Å². The molecule has 3 nitrogen and oxygen atoms in total. The van der Waals surface area contributed by atoms with Crippen molar-refractivity contribution in [2.45, 2.75) is 32.5 Å². The van der Waals surface area contributed by atoms with Gasteiger partial charge in [0.1, 0.15) is 0 Å². The fourth-order valence-corrected chi connectivity index (χ4v) is 1.69. The number of aliphatic hydroxyl groups excluding tert-OH is 1. The van der Waals surface area contributed by atoms with Crippen molar-refractivity contribution in [3.8, 4) is 0 Å². The van der Waals surface area contributed by atoms with Crippen LogP contribution in [0.3, 0.4) is 0 Å². The Hall–Kier alpha value is -0.120. The first-order valence-electron chi connectivity index (χ1n) is 4.75. The first-order valence-corrected chi connectivity index (χ1v) is 4.75. The molecule has 72 valence electrons. The van der Waals surface area contributed by atoms with E-state index in [2.05, 4.69) is 18.7 Å². The van der Waals surface area contributed by atoms with Gasteiger partial charge < -0.3 is 9.84 Å². The van der Waals surface area contributed by atoms with Crippen LogP contribution in [0.2, 0.25) is 0 Å². The van der Waals surface area contributed by atoms with Crippen molar-refractivity contribution in [3.63, 3.8) is 0 Å². The normalized spacial score (nSPS) is 32.2. The maximum Gasteiger partial charge on any atom is 0.0703 e. The number of hydrogen-bond donors (Lipinski definition) is 1. The van der Waals surface area contributed by atoms with Gasteiger partial charge in [-0.15, -0.1) is 0 Å². The zero-order chi connectivity index (χ0) is 8.97. The first kappa shape index (κ1) is 9.96. The average molecular weight is 173 g/mol. The van der Waals surface area contributed by atoms with Crippen LogP contribution in [-0.2, 0) is 4.74 Å². The molecule has 0 spiro atoms. The summed E-state index contributed by atoms with van der Waals surface area (Å²) >= 11 is 0. The number of hydrogen-bond acceptors (Lipinski definition) is 3. The number of rotatable bonds is 3. The van der Waals surface area contributed by atoms with Gasteiger partial charge in [-0.25, -0.2) is 0 Å². The average Bonchev–Trinajstić information content (AvgIpc) is 2.04. The van der Waals surface area contributed by atoms with Crippen LogP contribution < -0.4 is 0 Å². The maximum absolute atomic E-state index is 8.78. The predicted octanol–water partition coefficient (Wildman–Crippen LogP) is 0.478. The molecule has 0 saturated carbocycles. The molecule has 0 aromatic carbocycles. The van der Waals surface area contributed by atoms with Gasteiger partial charge in [0.15, 0.2) is 0 Å². The van der Waals surface area contributed by atoms with E-state index >= 15 is 0 Å². The second kappa shape index (κ2) is 4.80. The minimum Gasteiger partial charge on any atom is -0.395 e. The lowest BCUT2D eigenvalue weighted by Gasteiger charge is -2.36. The number of ether oxygens (including phenoxy) is 1. The van der Waals surface area contributed by atoms with Gasteiger partial charge in [-0.05, 0) is 13.3 Å². The molecule has 1 aliphatic heterocycles. The quantitative estimate of drug-likeness (QED) is 0.673. The van der Waals surface area contributed by atoms with E-state index in [1.807, 2.05) is 0 Å². The van der Waals surface area contributed by atoms with Crippen molar-refractivity contribution in [1.82, 2.24) is 4.90 Å². The van der Waals surface area contributed by atoms with Crippen LogP contribution >= 0.6 is 0 Å². The second-order valence-corrected chi connectivity index (χ2v) is 3.46. The molecule has 0 aliphatic carbocycles. The molecule has 1 rings (SSSR count). The number of β-amino-alcohol motifs (C(OH)–C–C–N with tert-alkyl or cyclic N) is 1. The Labute approximate surface area is 74.3 Å². The first-order chi connectivity index (χ1) is 5.76. The van der Waals surface area contributed by atoms with Crippen LogP contribution in [0.15, 0.2) is 0 Å². The third-order valence-corrected chi connectivity index (χ3v) is 2.27. The van der Waals surface area contributed by atoms with Crippen LogP contribution in [0, 0.1) is 0 Å². The Morgan fingerprint density at radius 1 is 1.50 bits per heavy atom. The number of nitrogens with zero attached hydrogens (tertiary/aromatic N) is 1. The van der Waals surface area contributed by atoms with Gasteiger partial charge in [-0.1, -0.05) is 6.92 Å². The summed E-state index contributed by atoms with van der Waals surface area (Å²) in [6, 6.07) is 0. The molecule has 2 atom stereocenters. The fourth-order valence-electron chi connectivity index (χ4n) is 1.69. The van der Waals surface area contributed by atoms with Gasteiger partial charge in [-0.3, -0.25) is 4.90 Å². The molecule has 1 fully saturated rings. The van der Waals surface area contributed by atoms with Gasteiger partial charge in [0.2, 0.25) is 0 Å². The van der Waals surface area contributed by atoms with Gasteiger partial charge in [0.25, 0.3) is 0 Å². The second-order valence-electron chi connectivity index (χ2n) is 3.46. The van der Waals surface area contributed by atoms with Crippen molar-refractivity contribution in [2.75, 3.05) is 26.2 Å². The van der Waals surface area contributed by atoms with Crippen molar-refractivity contribution in [2.24, 2.45) is 0 Å². The third-order valence-electron chi connectivity index (χ3n) is 2.27. The maximum atomic E-state index is 8.78. The summed E-state index contributed by atoms with van der Waals surface area (Å²) in [4.78, 5) is 2.27. The minimum atomic E-state index is 0.253. The molecule has 1 saturated heterocycles. The molecular formula is C9H19NO2. The van der Waals surface area contributed by atoms with Crippen LogP contribution in [0.25, 0.3) is 0 Å². The van der Waals surface area contributed by atoms with E-state index in [9.17, 15) is 0 Å². The Kier molecular flexibility index (Phi) is 3.98. The molecular weight excluding hydrogens is 154 g/mol. The van der Waals surface area contributed by atoms with Gasteiger partial charge in [-0.2, -0.15) is 0 Å². The van der Waals surface area contributed by atoms with E-state index in [0.29, 0.717) is 12.2 Å². The summed E-state index contributed by atoms with van der Waals surface area (Å²) in [7, 11) is 0. The molecule has 0 amide bonds. The zero-order valence-electron chi connectivity index (χ0n) is 7.99. The summed E-state index contributed by atoms with van der Waals surface area (Å²) in [5.74, 6) is 0. The largest absolute Gasteiger partial charge is 0.395 e.